The van der Waals surface area contributed by atoms with E-state index < -0.39 is 0 Å². The summed E-state index contributed by atoms with van der Waals surface area (Å²) in [5, 5.41) is 12.8. The molecule has 4 nitrogen and oxygen atoms in total. The van der Waals surface area contributed by atoms with Crippen LogP contribution in [-0.4, -0.2) is 10.1 Å². The minimum absolute atomic E-state index is 0.183. The van der Waals surface area contributed by atoms with Crippen molar-refractivity contribution in [3.63, 3.8) is 0 Å². The summed E-state index contributed by atoms with van der Waals surface area (Å²) in [4.78, 5) is 4.31. The number of halogens is 1. The molecular formula is C16H18FN3O. The van der Waals surface area contributed by atoms with E-state index in [-0.39, 0.29) is 11.2 Å². The van der Waals surface area contributed by atoms with Gasteiger partial charge < -0.3 is 4.52 Å². The first-order chi connectivity index (χ1) is 9.97. The van der Waals surface area contributed by atoms with E-state index in [1.54, 1.807) is 19.1 Å². The van der Waals surface area contributed by atoms with Crippen molar-refractivity contribution in [3.8, 4) is 17.5 Å². The number of benzene rings is 1. The molecule has 21 heavy (non-hydrogen) atoms. The van der Waals surface area contributed by atoms with Gasteiger partial charge >= 0.3 is 0 Å². The molecule has 0 saturated heterocycles. The average Bonchev–Trinajstić information content (AvgIpc) is 2.90. The van der Waals surface area contributed by atoms with Crippen molar-refractivity contribution in [2.45, 2.75) is 40.0 Å². The van der Waals surface area contributed by atoms with Crippen molar-refractivity contribution in [1.29, 1.82) is 5.26 Å². The maximum Gasteiger partial charge on any atom is 0.227 e. The van der Waals surface area contributed by atoms with E-state index in [0.717, 1.165) is 6.42 Å². The number of aryl methyl sites for hydroxylation is 1. The third-order valence-corrected chi connectivity index (χ3v) is 3.84. The third kappa shape index (κ3) is 3.46. The molecule has 1 aromatic carbocycles. The van der Waals surface area contributed by atoms with E-state index in [1.807, 2.05) is 13.8 Å². The Morgan fingerprint density at radius 3 is 2.81 bits per heavy atom. The molecule has 0 fully saturated rings. The van der Waals surface area contributed by atoms with Crippen molar-refractivity contribution in [3.05, 3.63) is 35.5 Å². The van der Waals surface area contributed by atoms with Gasteiger partial charge in [0.25, 0.3) is 0 Å². The number of rotatable bonds is 5. The molecule has 2 aromatic rings. The summed E-state index contributed by atoms with van der Waals surface area (Å²) in [7, 11) is 0. The molecule has 0 aliphatic rings. The highest BCUT2D eigenvalue weighted by atomic mass is 19.1. The predicted octanol–water partition coefficient (Wildman–Crippen LogP) is 4.06. The molecule has 5 heteroatoms. The average molecular weight is 287 g/mol. The number of aromatic nitrogens is 2. The normalized spacial score (nSPS) is 13.7. The topological polar surface area (TPSA) is 62.7 Å². The second-order valence-electron chi connectivity index (χ2n) is 5.65. The zero-order chi connectivity index (χ0) is 15.5. The zero-order valence-electron chi connectivity index (χ0n) is 12.5. The highest BCUT2D eigenvalue weighted by molar-refractivity contribution is 5.54. The molecular weight excluding hydrogens is 269 g/mol. The molecule has 1 unspecified atom stereocenters. The molecule has 1 aromatic heterocycles. The first-order valence-electron chi connectivity index (χ1n) is 6.93. The van der Waals surface area contributed by atoms with Crippen LogP contribution in [0, 0.1) is 29.5 Å². The van der Waals surface area contributed by atoms with Gasteiger partial charge in [0, 0.05) is 18.4 Å². The molecule has 0 amide bonds. The molecule has 0 aliphatic carbocycles. The SMILES string of the molecule is CCC(C)(CC#N)Cc1nc(-c2ccc(C)c(F)c2)no1. The van der Waals surface area contributed by atoms with Crippen LogP contribution in [0.3, 0.4) is 0 Å². The molecule has 0 N–H and O–H groups in total. The van der Waals surface area contributed by atoms with Gasteiger partial charge in [0.1, 0.15) is 5.82 Å². The van der Waals surface area contributed by atoms with Gasteiger partial charge in [-0.15, -0.1) is 0 Å². The van der Waals surface area contributed by atoms with Crippen molar-refractivity contribution >= 4 is 0 Å². The molecule has 0 saturated carbocycles. The fourth-order valence-corrected chi connectivity index (χ4v) is 2.04. The summed E-state index contributed by atoms with van der Waals surface area (Å²) < 4.78 is 18.8. The van der Waals surface area contributed by atoms with Crippen LogP contribution in [0.2, 0.25) is 0 Å². The lowest BCUT2D eigenvalue weighted by atomic mass is 9.81. The maximum absolute atomic E-state index is 13.6. The predicted molar refractivity (Wildman–Crippen MR) is 76.8 cm³/mol. The van der Waals surface area contributed by atoms with Crippen LogP contribution in [0.25, 0.3) is 11.4 Å². The van der Waals surface area contributed by atoms with E-state index in [0.29, 0.717) is 35.7 Å². The van der Waals surface area contributed by atoms with Crippen LogP contribution < -0.4 is 0 Å². The molecule has 1 atom stereocenters. The summed E-state index contributed by atoms with van der Waals surface area (Å²) >= 11 is 0. The van der Waals surface area contributed by atoms with Gasteiger partial charge in [-0.05, 0) is 30.4 Å². The highest BCUT2D eigenvalue weighted by Gasteiger charge is 2.25. The van der Waals surface area contributed by atoms with Crippen molar-refractivity contribution in [1.82, 2.24) is 10.1 Å². The van der Waals surface area contributed by atoms with Crippen LogP contribution >= 0.6 is 0 Å². The van der Waals surface area contributed by atoms with Gasteiger partial charge in [-0.3, -0.25) is 0 Å². The molecule has 0 aliphatic heterocycles. The van der Waals surface area contributed by atoms with Crippen molar-refractivity contribution in [2.24, 2.45) is 5.41 Å². The van der Waals surface area contributed by atoms with Crippen molar-refractivity contribution < 1.29 is 8.91 Å². The Morgan fingerprint density at radius 2 is 2.19 bits per heavy atom. The number of nitrogens with zero attached hydrogens (tertiary/aromatic N) is 3. The van der Waals surface area contributed by atoms with Crippen LogP contribution in [-0.2, 0) is 6.42 Å². The van der Waals surface area contributed by atoms with Gasteiger partial charge in [0.15, 0.2) is 0 Å². The Kier molecular flexibility index (Phi) is 4.37. The van der Waals surface area contributed by atoms with E-state index >= 15 is 0 Å². The monoisotopic (exact) mass is 287 g/mol. The van der Waals surface area contributed by atoms with Crippen LogP contribution in [0.15, 0.2) is 22.7 Å². The molecule has 2 rings (SSSR count). The Bertz CT molecular complexity index is 674. The molecule has 1 heterocycles. The minimum Gasteiger partial charge on any atom is -0.339 e. The summed E-state index contributed by atoms with van der Waals surface area (Å²) in [6, 6.07) is 7.05. The summed E-state index contributed by atoms with van der Waals surface area (Å²) in [5.74, 6) is 0.562. The smallest absolute Gasteiger partial charge is 0.227 e. The van der Waals surface area contributed by atoms with Gasteiger partial charge in [0.05, 0.1) is 6.07 Å². The fourth-order valence-electron chi connectivity index (χ4n) is 2.04. The highest BCUT2D eigenvalue weighted by Crippen LogP contribution is 2.30. The largest absolute Gasteiger partial charge is 0.339 e. The van der Waals surface area contributed by atoms with Gasteiger partial charge in [-0.2, -0.15) is 10.2 Å². The van der Waals surface area contributed by atoms with Gasteiger partial charge in [-0.25, -0.2) is 4.39 Å². The van der Waals surface area contributed by atoms with Gasteiger partial charge in [-0.1, -0.05) is 31.1 Å². The van der Waals surface area contributed by atoms with Crippen molar-refractivity contribution in [2.75, 3.05) is 0 Å². The van der Waals surface area contributed by atoms with Crippen LogP contribution in [0.1, 0.15) is 38.1 Å². The number of hydrogen-bond acceptors (Lipinski definition) is 4. The van der Waals surface area contributed by atoms with E-state index in [4.69, 9.17) is 9.78 Å². The standard InChI is InChI=1S/C16H18FN3O/c1-4-16(3,7-8-18)10-14-19-15(20-21-14)12-6-5-11(2)13(17)9-12/h5-6,9H,4,7,10H2,1-3H3. The molecule has 110 valence electrons. The minimum atomic E-state index is -0.290. The Balaban J connectivity index is 2.22. The van der Waals surface area contributed by atoms with E-state index in [1.165, 1.54) is 6.07 Å². The molecule has 0 bridgehead atoms. The number of nitriles is 1. The summed E-state index contributed by atoms with van der Waals surface area (Å²) in [6.07, 6.45) is 1.82. The Labute approximate surface area is 123 Å². The Morgan fingerprint density at radius 1 is 1.43 bits per heavy atom. The quantitative estimate of drug-likeness (QED) is 0.832. The van der Waals surface area contributed by atoms with Crippen LogP contribution in [0.5, 0.6) is 0 Å². The lowest BCUT2D eigenvalue weighted by Crippen LogP contribution is -2.18. The second-order valence-corrected chi connectivity index (χ2v) is 5.65. The second kappa shape index (κ2) is 6.04. The Hall–Kier alpha value is -2.22. The zero-order valence-corrected chi connectivity index (χ0v) is 12.5. The fraction of sp³-hybridized carbons (Fsp3) is 0.438. The molecule has 0 radical (unpaired) electrons. The van der Waals surface area contributed by atoms with Gasteiger partial charge in [0.2, 0.25) is 11.7 Å². The van der Waals surface area contributed by atoms with Crippen LogP contribution in [0.4, 0.5) is 4.39 Å². The lowest BCUT2D eigenvalue weighted by molar-refractivity contribution is 0.266. The van der Waals surface area contributed by atoms with E-state index in [9.17, 15) is 4.39 Å². The third-order valence-electron chi connectivity index (χ3n) is 3.84. The first-order valence-corrected chi connectivity index (χ1v) is 6.93. The first kappa shape index (κ1) is 15.2. The summed E-state index contributed by atoms with van der Waals surface area (Å²) in [5.41, 5.74) is 0.985. The summed E-state index contributed by atoms with van der Waals surface area (Å²) in [6.45, 7) is 5.75. The maximum atomic E-state index is 13.6. The lowest BCUT2D eigenvalue weighted by Gasteiger charge is -2.22. The van der Waals surface area contributed by atoms with E-state index in [2.05, 4.69) is 16.2 Å². The number of hydrogen-bond donors (Lipinski definition) is 0. The molecule has 0 spiro atoms.